The number of nitrogens with one attached hydrogen (secondary N) is 1. The van der Waals surface area contributed by atoms with Gasteiger partial charge in [0.2, 0.25) is 0 Å². The summed E-state index contributed by atoms with van der Waals surface area (Å²) in [5.74, 6) is -1.50. The number of nitrogens with two attached hydrogens (primary N) is 1. The predicted octanol–water partition coefficient (Wildman–Crippen LogP) is 2.46. The van der Waals surface area contributed by atoms with Gasteiger partial charge >= 0.3 is 19.4 Å². The lowest BCUT2D eigenvalue weighted by atomic mass is 10.3. The number of carbonyl (C=O) groups excluding carboxylic acids is 1. The van der Waals surface area contributed by atoms with Crippen LogP contribution in [0.15, 0.2) is 54.0 Å². The molecular formula is C20H24FN4O7PS. The topological polar surface area (TPSA) is 144 Å². The number of ether oxygens (including phenoxy) is 2. The largest absolute Gasteiger partial charge is 0.460 e. The van der Waals surface area contributed by atoms with Crippen molar-refractivity contribution in [2.75, 3.05) is 24.7 Å². The van der Waals surface area contributed by atoms with E-state index in [0.29, 0.717) is 0 Å². The molecule has 0 unspecified atom stereocenters. The average molecular weight is 514 g/mol. The molecule has 11 nitrogen and oxygen atoms in total. The number of hydrogen-bond donors (Lipinski definition) is 2. The summed E-state index contributed by atoms with van der Waals surface area (Å²) in [7, 11) is -4.08. The molecule has 2 heterocycles. The number of nitrogens with zero attached hydrogens (tertiary/aromatic N) is 2. The maximum absolute atomic E-state index is 13.7. The van der Waals surface area contributed by atoms with Gasteiger partial charge in [0, 0.05) is 5.75 Å². The Bertz CT molecular complexity index is 1120. The highest BCUT2D eigenvalue weighted by atomic mass is 32.2. The van der Waals surface area contributed by atoms with Crippen molar-refractivity contribution in [1.29, 1.82) is 0 Å². The maximum atomic E-state index is 13.7. The molecule has 0 radical (unpaired) electrons. The molecule has 34 heavy (non-hydrogen) atoms. The number of nitrogen functional groups attached to an aromatic ring is 1. The van der Waals surface area contributed by atoms with E-state index in [0.717, 1.165) is 10.8 Å². The zero-order valence-electron chi connectivity index (χ0n) is 18.2. The molecule has 0 amide bonds. The first-order chi connectivity index (χ1) is 16.2. The third-order valence-corrected chi connectivity index (χ3v) is 7.12. The second kappa shape index (κ2) is 11.6. The maximum Gasteiger partial charge on any atom is 0.459 e. The number of halogens is 1. The van der Waals surface area contributed by atoms with Crippen LogP contribution >= 0.6 is 19.5 Å². The van der Waals surface area contributed by atoms with E-state index < -0.39 is 48.7 Å². The monoisotopic (exact) mass is 514 g/mol. The van der Waals surface area contributed by atoms with Gasteiger partial charge in [0.15, 0.2) is 11.6 Å². The van der Waals surface area contributed by atoms with Gasteiger partial charge in [-0.05, 0) is 19.1 Å². The molecular weight excluding hydrogens is 490 g/mol. The van der Waals surface area contributed by atoms with Crippen molar-refractivity contribution in [2.24, 2.45) is 0 Å². The Morgan fingerprint density at radius 2 is 2.24 bits per heavy atom. The highest BCUT2D eigenvalue weighted by Crippen LogP contribution is 2.46. The van der Waals surface area contributed by atoms with Gasteiger partial charge in [-0.25, -0.2) is 13.8 Å². The fraction of sp³-hybridized carbons (Fsp3) is 0.350. The van der Waals surface area contributed by atoms with Crippen LogP contribution in [0.4, 0.5) is 10.2 Å². The van der Waals surface area contributed by atoms with Gasteiger partial charge in [-0.15, -0.1) is 11.8 Å². The van der Waals surface area contributed by atoms with Gasteiger partial charge in [-0.1, -0.05) is 30.9 Å². The average Bonchev–Trinajstić information content (AvgIpc) is 3.28. The summed E-state index contributed by atoms with van der Waals surface area (Å²) >= 11 is 1.25. The van der Waals surface area contributed by atoms with E-state index in [-0.39, 0.29) is 24.7 Å². The lowest BCUT2D eigenvalue weighted by molar-refractivity contribution is -0.144. The number of para-hydroxylation sites is 1. The van der Waals surface area contributed by atoms with Crippen LogP contribution in [-0.2, 0) is 23.4 Å². The van der Waals surface area contributed by atoms with Gasteiger partial charge in [0.05, 0.1) is 12.8 Å². The summed E-state index contributed by atoms with van der Waals surface area (Å²) in [5, 5.41) is 2.55. The fourth-order valence-corrected chi connectivity index (χ4v) is 5.35. The summed E-state index contributed by atoms with van der Waals surface area (Å²) in [6.45, 7) is 4.67. The fourth-order valence-electron chi connectivity index (χ4n) is 2.77. The molecule has 1 aliphatic rings. The standard InChI is InChI=1S/C20H24FN4O7PS/c1-3-9-29-19(26)13(2)24-33(28,32-14-7-5-4-6-8-14)30-11-17-31-16(12-34-17)25-10-15(21)18(22)23-20(25)27/h3-8,10,13,16-17H,1,9,11-12H2,2H3,(H,24,28)(H2,22,23,27)/t13-,16-,17+,33-/m0/s1. The van der Waals surface area contributed by atoms with Gasteiger partial charge in [0.25, 0.3) is 0 Å². The molecule has 0 aliphatic carbocycles. The minimum absolute atomic E-state index is 0.0105. The van der Waals surface area contributed by atoms with Crippen molar-refractivity contribution in [1.82, 2.24) is 14.6 Å². The van der Waals surface area contributed by atoms with E-state index in [1.807, 2.05) is 0 Å². The molecule has 0 bridgehead atoms. The van der Waals surface area contributed by atoms with Crippen LogP contribution in [0.5, 0.6) is 5.75 Å². The summed E-state index contributed by atoms with van der Waals surface area (Å²) < 4.78 is 49.9. The number of thioether (sulfide) groups is 1. The highest BCUT2D eigenvalue weighted by molar-refractivity contribution is 8.00. The highest BCUT2D eigenvalue weighted by Gasteiger charge is 2.36. The first-order valence-corrected chi connectivity index (χ1v) is 12.7. The van der Waals surface area contributed by atoms with Crippen molar-refractivity contribution < 1.29 is 32.3 Å². The second-order valence-electron chi connectivity index (χ2n) is 6.98. The normalized spacial score (nSPS) is 20.3. The quantitative estimate of drug-likeness (QED) is 0.259. The number of rotatable bonds is 11. The summed E-state index contributed by atoms with van der Waals surface area (Å²) in [5.41, 5.74) is 3.87. The zero-order chi connectivity index (χ0) is 24.7. The van der Waals surface area contributed by atoms with Gasteiger partial charge in [-0.2, -0.15) is 10.1 Å². The molecule has 1 saturated heterocycles. The Kier molecular flexibility index (Phi) is 8.86. The molecule has 1 fully saturated rings. The van der Waals surface area contributed by atoms with Gasteiger partial charge in [0.1, 0.15) is 30.1 Å². The summed E-state index contributed by atoms with van der Waals surface area (Å²) in [6, 6.07) is 7.23. The number of benzene rings is 1. The smallest absolute Gasteiger partial charge is 0.459 e. The first-order valence-electron chi connectivity index (χ1n) is 10.1. The lowest BCUT2D eigenvalue weighted by Gasteiger charge is -2.24. The number of aromatic nitrogens is 2. The van der Waals surface area contributed by atoms with Crippen LogP contribution in [0.2, 0.25) is 0 Å². The molecule has 3 rings (SSSR count). The van der Waals surface area contributed by atoms with Gasteiger partial charge in [-0.3, -0.25) is 13.9 Å². The first kappa shape index (κ1) is 25.9. The lowest BCUT2D eigenvalue weighted by Crippen LogP contribution is -2.35. The molecule has 0 saturated carbocycles. The predicted molar refractivity (Wildman–Crippen MR) is 124 cm³/mol. The molecule has 184 valence electrons. The number of anilines is 1. The second-order valence-corrected chi connectivity index (χ2v) is 9.87. The van der Waals surface area contributed by atoms with Crippen molar-refractivity contribution in [3.05, 3.63) is 65.5 Å². The van der Waals surface area contributed by atoms with Crippen LogP contribution < -0.4 is 21.0 Å². The van der Waals surface area contributed by atoms with E-state index in [1.165, 1.54) is 24.8 Å². The van der Waals surface area contributed by atoms with E-state index >= 15 is 0 Å². The van der Waals surface area contributed by atoms with E-state index in [4.69, 9.17) is 24.3 Å². The molecule has 0 spiro atoms. The van der Waals surface area contributed by atoms with Crippen LogP contribution in [0, 0.1) is 5.82 Å². The van der Waals surface area contributed by atoms with Crippen LogP contribution in [0.25, 0.3) is 0 Å². The third-order valence-electron chi connectivity index (χ3n) is 4.38. The molecule has 4 atom stereocenters. The van der Waals surface area contributed by atoms with Crippen molar-refractivity contribution >= 4 is 31.3 Å². The van der Waals surface area contributed by atoms with Crippen molar-refractivity contribution in [3.8, 4) is 5.75 Å². The Labute approximate surface area is 199 Å². The van der Waals surface area contributed by atoms with Crippen LogP contribution in [0.1, 0.15) is 13.2 Å². The minimum atomic E-state index is -4.08. The summed E-state index contributed by atoms with van der Waals surface area (Å²) in [4.78, 5) is 27.5. The third kappa shape index (κ3) is 6.90. The zero-order valence-corrected chi connectivity index (χ0v) is 19.9. The molecule has 1 aromatic heterocycles. The van der Waals surface area contributed by atoms with Gasteiger partial charge < -0.3 is 19.7 Å². The molecule has 1 aromatic carbocycles. The Balaban J connectivity index is 1.67. The Morgan fingerprint density at radius 1 is 1.50 bits per heavy atom. The van der Waals surface area contributed by atoms with Crippen molar-refractivity contribution in [2.45, 2.75) is 24.6 Å². The summed E-state index contributed by atoms with van der Waals surface area (Å²) in [6.07, 6.45) is 1.49. The minimum Gasteiger partial charge on any atom is -0.460 e. The van der Waals surface area contributed by atoms with E-state index in [2.05, 4.69) is 16.7 Å². The molecule has 2 aromatic rings. The molecule has 14 heteroatoms. The number of carbonyl (C=O) groups is 1. The number of esters is 1. The Hall–Kier alpha value is -2.70. The number of hydrogen-bond acceptors (Lipinski definition) is 10. The Morgan fingerprint density at radius 3 is 2.94 bits per heavy atom. The van der Waals surface area contributed by atoms with Crippen LogP contribution in [0.3, 0.4) is 0 Å². The van der Waals surface area contributed by atoms with Crippen molar-refractivity contribution in [3.63, 3.8) is 0 Å². The van der Waals surface area contributed by atoms with E-state index in [1.54, 1.807) is 30.3 Å². The van der Waals surface area contributed by atoms with Crippen LogP contribution in [-0.4, -0.2) is 46.0 Å². The molecule has 3 N–H and O–H groups in total. The SMILES string of the molecule is C=CCOC(=O)[C@H](C)N[P@](=O)(OC[C@@H]1O[C@H](n2cc(F)c(N)nc2=O)CS1)Oc1ccccc1. The molecule has 1 aliphatic heterocycles. The van der Waals surface area contributed by atoms with E-state index in [9.17, 15) is 18.5 Å².